The van der Waals surface area contributed by atoms with E-state index in [1.165, 1.54) is 0 Å². The van der Waals surface area contributed by atoms with Gasteiger partial charge in [-0.1, -0.05) is 0 Å². The average Bonchev–Trinajstić information content (AvgIpc) is 2.09. The average molecular weight is 308 g/mol. The topological polar surface area (TPSA) is 75.7 Å². The molecule has 0 saturated carbocycles. The van der Waals surface area contributed by atoms with Gasteiger partial charge in [0.05, 0.1) is 4.47 Å². The molecule has 1 heterocycles. The van der Waals surface area contributed by atoms with Crippen LogP contribution in [0.5, 0.6) is 0 Å². The lowest BCUT2D eigenvalue weighted by molar-refractivity contribution is -0.599. The molecule has 1 rings (SSSR count). The third-order valence-electron chi connectivity index (χ3n) is 1.45. The van der Waals surface area contributed by atoms with E-state index in [0.717, 1.165) is 0 Å². The predicted molar refractivity (Wildman–Crippen MR) is 54.3 cm³/mol. The van der Waals surface area contributed by atoms with E-state index in [9.17, 15) is 5.21 Å². The first-order valence-electron chi connectivity index (χ1n) is 3.21. The van der Waals surface area contributed by atoms with Gasteiger partial charge in [-0.05, 0) is 44.8 Å². The van der Waals surface area contributed by atoms with Gasteiger partial charge in [0.25, 0.3) is 0 Å². The number of halogens is 2. The molecular formula is C6H4Br2N4O. The molecule has 0 aliphatic carbocycles. The Balaban J connectivity index is 3.52. The van der Waals surface area contributed by atoms with Gasteiger partial charge in [-0.2, -0.15) is 0 Å². The van der Waals surface area contributed by atoms with E-state index in [-0.39, 0.29) is 5.82 Å². The Bertz CT molecular complexity index is 400. The fourth-order valence-corrected chi connectivity index (χ4v) is 1.93. The van der Waals surface area contributed by atoms with E-state index in [0.29, 0.717) is 19.4 Å². The minimum atomic E-state index is 0.0169. The van der Waals surface area contributed by atoms with Crippen LogP contribution in [0.2, 0.25) is 0 Å². The molecule has 0 spiro atoms. The summed E-state index contributed by atoms with van der Waals surface area (Å²) in [5.41, 5.74) is 8.65. The second kappa shape index (κ2) is 3.95. The number of aromatic nitrogens is 1. The van der Waals surface area contributed by atoms with Crippen LogP contribution in [0.4, 0.5) is 5.82 Å². The quantitative estimate of drug-likeness (QED) is 0.258. The molecule has 0 aromatic carbocycles. The maximum Gasteiger partial charge on any atom is 0.434 e. The van der Waals surface area contributed by atoms with Crippen LogP contribution in [-0.4, -0.2) is 0 Å². The minimum Gasteiger partial charge on any atom is -0.710 e. The zero-order valence-electron chi connectivity index (χ0n) is 6.53. The normalized spacial score (nSPS) is 9.46. The molecule has 0 bridgehead atoms. The molecule has 1 aromatic rings. The van der Waals surface area contributed by atoms with Gasteiger partial charge in [-0.25, -0.2) is 4.73 Å². The van der Waals surface area contributed by atoms with E-state index in [1.54, 1.807) is 13.0 Å². The predicted octanol–water partition coefficient (Wildman–Crippen LogP) is 3.10. The first kappa shape index (κ1) is 10.3. The maximum absolute atomic E-state index is 11.4. The van der Waals surface area contributed by atoms with Gasteiger partial charge in [-0.15, -0.1) is 0 Å². The van der Waals surface area contributed by atoms with Gasteiger partial charge in [0.1, 0.15) is 10.2 Å². The Morgan fingerprint density at radius 2 is 2.15 bits per heavy atom. The molecule has 0 unspecified atom stereocenters. The summed E-state index contributed by atoms with van der Waals surface area (Å²) in [6, 6.07) is 1.66. The summed E-state index contributed by atoms with van der Waals surface area (Å²) in [5, 5.41) is 14.7. The summed E-state index contributed by atoms with van der Waals surface area (Å²) in [7, 11) is 0. The van der Waals surface area contributed by atoms with Crippen molar-refractivity contribution in [1.82, 2.24) is 0 Å². The molecule has 0 aliphatic heterocycles. The molecular weight excluding hydrogens is 304 g/mol. The number of nitrogens with zero attached hydrogens (tertiary/aromatic N) is 4. The Morgan fingerprint density at radius 1 is 1.54 bits per heavy atom. The Morgan fingerprint density at radius 3 is 2.69 bits per heavy atom. The van der Waals surface area contributed by atoms with Crippen molar-refractivity contribution in [2.75, 3.05) is 0 Å². The van der Waals surface area contributed by atoms with Gasteiger partial charge in [-0.3, -0.25) is 0 Å². The van der Waals surface area contributed by atoms with Crippen LogP contribution < -0.4 is 4.73 Å². The highest BCUT2D eigenvalue weighted by atomic mass is 79.9. The van der Waals surface area contributed by atoms with E-state index >= 15 is 0 Å². The zero-order chi connectivity index (χ0) is 10.0. The Kier molecular flexibility index (Phi) is 3.13. The summed E-state index contributed by atoms with van der Waals surface area (Å²) in [6.07, 6.45) is 0. The second-order valence-electron chi connectivity index (χ2n) is 2.23. The molecule has 5 nitrogen and oxygen atoms in total. The maximum atomic E-state index is 11.4. The van der Waals surface area contributed by atoms with Crippen LogP contribution >= 0.6 is 31.9 Å². The summed E-state index contributed by atoms with van der Waals surface area (Å²) in [4.78, 5) is 2.56. The lowest BCUT2D eigenvalue weighted by Gasteiger charge is -2.07. The monoisotopic (exact) mass is 306 g/mol. The molecule has 68 valence electrons. The highest BCUT2D eigenvalue weighted by Crippen LogP contribution is 2.26. The van der Waals surface area contributed by atoms with E-state index in [4.69, 9.17) is 5.53 Å². The zero-order valence-corrected chi connectivity index (χ0v) is 9.70. The van der Waals surface area contributed by atoms with Gasteiger partial charge in [0.15, 0.2) is 0 Å². The van der Waals surface area contributed by atoms with Crippen molar-refractivity contribution in [1.29, 1.82) is 0 Å². The Hall–Kier alpha value is -0.780. The highest BCUT2D eigenvalue weighted by Gasteiger charge is 2.20. The fourth-order valence-electron chi connectivity index (χ4n) is 0.764. The molecule has 0 aliphatic rings. The first-order valence-corrected chi connectivity index (χ1v) is 4.79. The van der Waals surface area contributed by atoms with Crippen LogP contribution in [0.1, 0.15) is 5.69 Å². The third-order valence-corrected chi connectivity index (χ3v) is 2.84. The van der Waals surface area contributed by atoms with Crippen molar-refractivity contribution in [3.8, 4) is 0 Å². The molecule has 13 heavy (non-hydrogen) atoms. The van der Waals surface area contributed by atoms with Gasteiger partial charge in [0.2, 0.25) is 4.91 Å². The summed E-state index contributed by atoms with van der Waals surface area (Å²) >= 11 is 6.31. The number of pyridine rings is 1. The van der Waals surface area contributed by atoms with Gasteiger partial charge >= 0.3 is 10.9 Å². The van der Waals surface area contributed by atoms with Crippen molar-refractivity contribution in [2.24, 2.45) is 5.11 Å². The van der Waals surface area contributed by atoms with Crippen LogP contribution in [0.15, 0.2) is 20.1 Å². The summed E-state index contributed by atoms with van der Waals surface area (Å²) < 4.78 is 1.68. The second-order valence-corrected chi connectivity index (χ2v) is 3.94. The lowest BCUT2D eigenvalue weighted by atomic mass is 10.4. The van der Waals surface area contributed by atoms with E-state index < -0.39 is 0 Å². The van der Waals surface area contributed by atoms with E-state index in [2.05, 4.69) is 41.9 Å². The van der Waals surface area contributed by atoms with Crippen molar-refractivity contribution in [3.05, 3.63) is 36.4 Å². The molecule has 0 radical (unpaired) electrons. The lowest BCUT2D eigenvalue weighted by Crippen LogP contribution is -2.30. The highest BCUT2D eigenvalue weighted by molar-refractivity contribution is 9.11. The summed E-state index contributed by atoms with van der Waals surface area (Å²) in [5.74, 6) is 0.0169. The van der Waals surface area contributed by atoms with Crippen molar-refractivity contribution < 1.29 is 4.73 Å². The first-order chi connectivity index (χ1) is 6.07. The molecule has 0 atom stereocenters. The summed E-state index contributed by atoms with van der Waals surface area (Å²) in [6.45, 7) is 1.62. The number of hydrogen-bond acceptors (Lipinski definition) is 2. The van der Waals surface area contributed by atoms with Gasteiger partial charge in [0, 0.05) is 5.53 Å². The molecule has 0 fully saturated rings. The fraction of sp³-hybridized carbons (Fsp3) is 0.167. The van der Waals surface area contributed by atoms with Gasteiger partial charge < -0.3 is 5.21 Å². The van der Waals surface area contributed by atoms with E-state index in [1.807, 2.05) is 0 Å². The van der Waals surface area contributed by atoms with Crippen molar-refractivity contribution in [3.63, 3.8) is 0 Å². The Labute approximate surface area is 90.8 Å². The van der Waals surface area contributed by atoms with Crippen LogP contribution in [-0.2, 0) is 0 Å². The minimum absolute atomic E-state index is 0.0169. The standard InChI is InChI=1S/C6H4Br2N4O/c1-3-4(7)2-5(8)6(10-11-9)12(3)13/h2H,1H3. The number of azide groups is 1. The third kappa shape index (κ3) is 1.93. The number of hydrogen-bond donors (Lipinski definition) is 0. The largest absolute Gasteiger partial charge is 0.710 e. The SMILES string of the molecule is Cc1c(Br)cc(Br)c(N=[N+]=[N-])[n+]1[O-]. The molecule has 0 amide bonds. The molecule has 0 saturated heterocycles. The number of rotatable bonds is 1. The van der Waals surface area contributed by atoms with Crippen LogP contribution in [0.3, 0.4) is 0 Å². The molecule has 7 heteroatoms. The molecule has 1 aromatic heterocycles. The van der Waals surface area contributed by atoms with Crippen LogP contribution in [0.25, 0.3) is 10.4 Å². The smallest absolute Gasteiger partial charge is 0.434 e. The van der Waals surface area contributed by atoms with Crippen LogP contribution in [0, 0.1) is 12.1 Å². The molecule has 0 N–H and O–H groups in total. The van der Waals surface area contributed by atoms with Crippen molar-refractivity contribution >= 4 is 37.7 Å². The van der Waals surface area contributed by atoms with Crippen molar-refractivity contribution in [2.45, 2.75) is 6.92 Å².